The SMILES string of the molecule is Cc1cc(Cl)ccc1OCCCC(=O)N(Cc1nnc(-c2ccc(Cl)cc2)o1)C1CC1. The third-order valence-electron chi connectivity index (χ3n) is 5.10. The monoisotopic (exact) mass is 459 g/mol. The van der Waals surface area contributed by atoms with E-state index in [1.165, 1.54) is 0 Å². The predicted molar refractivity (Wildman–Crippen MR) is 119 cm³/mol. The molecule has 1 saturated carbocycles. The summed E-state index contributed by atoms with van der Waals surface area (Å²) < 4.78 is 11.6. The second-order valence-electron chi connectivity index (χ2n) is 7.62. The van der Waals surface area contributed by atoms with Crippen LogP contribution >= 0.6 is 23.2 Å². The first kappa shape index (κ1) is 21.7. The summed E-state index contributed by atoms with van der Waals surface area (Å²) in [6, 6.07) is 13.0. The highest BCUT2D eigenvalue weighted by Gasteiger charge is 2.33. The van der Waals surface area contributed by atoms with Crippen LogP contribution in [0, 0.1) is 6.92 Å². The van der Waals surface area contributed by atoms with Gasteiger partial charge in [-0.05, 0) is 74.2 Å². The predicted octanol–water partition coefficient (Wildman–Crippen LogP) is 5.70. The Morgan fingerprint density at radius 3 is 2.58 bits per heavy atom. The number of ether oxygens (including phenoxy) is 1. The van der Waals surface area contributed by atoms with E-state index in [1.807, 2.05) is 36.1 Å². The average Bonchev–Trinajstić information content (AvgIpc) is 3.48. The highest BCUT2D eigenvalue weighted by molar-refractivity contribution is 6.30. The molecule has 1 heterocycles. The first-order valence-electron chi connectivity index (χ1n) is 10.3. The molecule has 8 heteroatoms. The van der Waals surface area contributed by atoms with Crippen molar-refractivity contribution < 1.29 is 13.9 Å². The Kier molecular flexibility index (Phi) is 6.78. The van der Waals surface area contributed by atoms with E-state index < -0.39 is 0 Å². The lowest BCUT2D eigenvalue weighted by Crippen LogP contribution is -2.32. The van der Waals surface area contributed by atoms with Crippen LogP contribution in [0.25, 0.3) is 11.5 Å². The van der Waals surface area contributed by atoms with Crippen LogP contribution in [0.5, 0.6) is 5.75 Å². The summed E-state index contributed by atoms with van der Waals surface area (Å²) in [6.45, 7) is 2.74. The van der Waals surface area contributed by atoms with Gasteiger partial charge in [-0.3, -0.25) is 4.79 Å². The minimum atomic E-state index is 0.0742. The molecule has 0 aliphatic heterocycles. The molecule has 0 atom stereocenters. The number of benzene rings is 2. The molecule has 31 heavy (non-hydrogen) atoms. The van der Waals surface area contributed by atoms with Crippen molar-refractivity contribution in [2.75, 3.05) is 6.61 Å². The zero-order valence-electron chi connectivity index (χ0n) is 17.2. The van der Waals surface area contributed by atoms with Gasteiger partial charge < -0.3 is 14.1 Å². The molecule has 6 nitrogen and oxygen atoms in total. The van der Waals surface area contributed by atoms with Crippen molar-refractivity contribution in [2.24, 2.45) is 0 Å². The Hall–Kier alpha value is -2.57. The van der Waals surface area contributed by atoms with Gasteiger partial charge >= 0.3 is 0 Å². The maximum Gasteiger partial charge on any atom is 0.247 e. The zero-order chi connectivity index (χ0) is 21.8. The Morgan fingerprint density at radius 2 is 1.87 bits per heavy atom. The van der Waals surface area contributed by atoms with E-state index in [0.29, 0.717) is 47.8 Å². The molecule has 1 amide bonds. The maximum atomic E-state index is 12.8. The summed E-state index contributed by atoms with van der Waals surface area (Å²) >= 11 is 11.9. The van der Waals surface area contributed by atoms with Gasteiger partial charge in [0.15, 0.2) is 0 Å². The number of halogens is 2. The van der Waals surface area contributed by atoms with Gasteiger partial charge in [0.05, 0.1) is 13.2 Å². The topological polar surface area (TPSA) is 68.5 Å². The van der Waals surface area contributed by atoms with Gasteiger partial charge in [-0.2, -0.15) is 0 Å². The Morgan fingerprint density at radius 1 is 1.13 bits per heavy atom. The number of hydrogen-bond donors (Lipinski definition) is 0. The van der Waals surface area contributed by atoms with Crippen molar-refractivity contribution in [1.29, 1.82) is 0 Å². The normalized spacial score (nSPS) is 13.3. The third-order valence-corrected chi connectivity index (χ3v) is 5.59. The van der Waals surface area contributed by atoms with Crippen LogP contribution in [0.4, 0.5) is 0 Å². The van der Waals surface area contributed by atoms with Crippen molar-refractivity contribution in [3.8, 4) is 17.2 Å². The molecule has 0 bridgehead atoms. The molecule has 0 saturated heterocycles. The quantitative estimate of drug-likeness (QED) is 0.383. The lowest BCUT2D eigenvalue weighted by Gasteiger charge is -2.20. The molecule has 2 aromatic carbocycles. The van der Waals surface area contributed by atoms with E-state index in [2.05, 4.69) is 10.2 Å². The Balaban J connectivity index is 1.30. The molecule has 1 aliphatic carbocycles. The smallest absolute Gasteiger partial charge is 0.247 e. The Bertz CT molecular complexity index is 1050. The van der Waals surface area contributed by atoms with Gasteiger partial charge in [0, 0.05) is 28.1 Å². The number of hydrogen-bond acceptors (Lipinski definition) is 5. The lowest BCUT2D eigenvalue weighted by atomic mass is 10.2. The van der Waals surface area contributed by atoms with E-state index in [4.69, 9.17) is 32.4 Å². The number of carbonyl (C=O) groups excluding carboxylic acids is 1. The van der Waals surface area contributed by atoms with Crippen molar-refractivity contribution in [3.05, 3.63) is 64.0 Å². The largest absolute Gasteiger partial charge is 0.493 e. The first-order chi connectivity index (χ1) is 15.0. The van der Waals surface area contributed by atoms with E-state index in [0.717, 1.165) is 29.7 Å². The average molecular weight is 460 g/mol. The van der Waals surface area contributed by atoms with Crippen LogP contribution in [-0.4, -0.2) is 33.7 Å². The summed E-state index contributed by atoms with van der Waals surface area (Å²) in [4.78, 5) is 14.7. The number of nitrogens with zero attached hydrogens (tertiary/aromatic N) is 3. The molecular weight excluding hydrogens is 437 g/mol. The second-order valence-corrected chi connectivity index (χ2v) is 8.50. The van der Waals surface area contributed by atoms with Crippen molar-refractivity contribution in [3.63, 3.8) is 0 Å². The maximum absolute atomic E-state index is 12.8. The molecule has 0 spiro atoms. The minimum absolute atomic E-state index is 0.0742. The zero-order valence-corrected chi connectivity index (χ0v) is 18.7. The van der Waals surface area contributed by atoms with Crippen LogP contribution in [0.15, 0.2) is 46.9 Å². The fraction of sp³-hybridized carbons (Fsp3) is 0.348. The van der Waals surface area contributed by atoms with Gasteiger partial charge in [0.2, 0.25) is 17.7 Å². The van der Waals surface area contributed by atoms with E-state index in [-0.39, 0.29) is 11.9 Å². The number of aryl methyl sites for hydroxylation is 1. The summed E-state index contributed by atoms with van der Waals surface area (Å²) in [5, 5.41) is 9.55. The molecule has 1 aromatic heterocycles. The first-order valence-corrected chi connectivity index (χ1v) is 11.0. The molecule has 0 unspecified atom stereocenters. The molecule has 162 valence electrons. The summed E-state index contributed by atoms with van der Waals surface area (Å²) in [5.41, 5.74) is 1.77. The van der Waals surface area contributed by atoms with Crippen molar-refractivity contribution in [2.45, 2.75) is 45.2 Å². The van der Waals surface area contributed by atoms with Gasteiger partial charge in [0.1, 0.15) is 5.75 Å². The molecule has 1 aliphatic rings. The number of carbonyl (C=O) groups is 1. The van der Waals surface area contributed by atoms with Crippen LogP contribution in [-0.2, 0) is 11.3 Å². The second kappa shape index (κ2) is 9.71. The van der Waals surface area contributed by atoms with E-state index >= 15 is 0 Å². The summed E-state index contributed by atoms with van der Waals surface area (Å²) in [5.74, 6) is 1.71. The highest BCUT2D eigenvalue weighted by atomic mass is 35.5. The standard InChI is InChI=1S/C23H23Cl2N3O3/c1-15-13-18(25)8-11-20(15)30-12-2-3-22(29)28(19-9-10-19)14-21-26-27-23(31-21)16-4-6-17(24)7-5-16/h4-8,11,13,19H,2-3,9-10,12,14H2,1H3. The molecule has 0 radical (unpaired) electrons. The summed E-state index contributed by atoms with van der Waals surface area (Å²) in [6.07, 6.45) is 3.04. The van der Waals surface area contributed by atoms with Crippen molar-refractivity contribution >= 4 is 29.1 Å². The van der Waals surface area contributed by atoms with Gasteiger partial charge in [-0.15, -0.1) is 10.2 Å². The minimum Gasteiger partial charge on any atom is -0.493 e. The van der Waals surface area contributed by atoms with Gasteiger partial charge in [-0.25, -0.2) is 0 Å². The third kappa shape index (κ3) is 5.77. The van der Waals surface area contributed by atoms with Crippen LogP contribution in [0.1, 0.15) is 37.1 Å². The highest BCUT2D eigenvalue weighted by Crippen LogP contribution is 2.30. The molecule has 1 fully saturated rings. The fourth-order valence-corrected chi connectivity index (χ4v) is 3.66. The number of amides is 1. The molecule has 4 rings (SSSR count). The lowest BCUT2D eigenvalue weighted by molar-refractivity contribution is -0.133. The van der Waals surface area contributed by atoms with Crippen LogP contribution in [0.2, 0.25) is 10.0 Å². The van der Waals surface area contributed by atoms with Crippen LogP contribution in [0.3, 0.4) is 0 Å². The van der Waals surface area contributed by atoms with E-state index in [1.54, 1.807) is 18.2 Å². The number of rotatable bonds is 9. The van der Waals surface area contributed by atoms with Crippen LogP contribution < -0.4 is 4.74 Å². The fourth-order valence-electron chi connectivity index (χ4n) is 3.30. The van der Waals surface area contributed by atoms with Gasteiger partial charge in [0.25, 0.3) is 0 Å². The van der Waals surface area contributed by atoms with E-state index in [9.17, 15) is 4.79 Å². The number of aromatic nitrogens is 2. The molecule has 3 aromatic rings. The van der Waals surface area contributed by atoms with Gasteiger partial charge in [-0.1, -0.05) is 23.2 Å². The summed E-state index contributed by atoms with van der Waals surface area (Å²) in [7, 11) is 0. The van der Waals surface area contributed by atoms with Crippen molar-refractivity contribution in [1.82, 2.24) is 15.1 Å². The molecule has 0 N–H and O–H groups in total. The molecular formula is C23H23Cl2N3O3. The Labute approximate surface area is 191 Å².